The van der Waals surface area contributed by atoms with Gasteiger partial charge in [-0.05, 0) is 41.5 Å². The Morgan fingerprint density at radius 3 is 1.84 bits per heavy atom. The van der Waals surface area contributed by atoms with Crippen molar-refractivity contribution in [1.29, 1.82) is 0 Å². The highest BCUT2D eigenvalue weighted by atomic mass is 16.4. The number of aliphatic carboxylic acids is 1. The van der Waals surface area contributed by atoms with E-state index in [1.54, 1.807) is 0 Å². The Morgan fingerprint density at radius 2 is 1.53 bits per heavy atom. The summed E-state index contributed by atoms with van der Waals surface area (Å²) in [4.78, 5) is 11.1. The van der Waals surface area contributed by atoms with Crippen LogP contribution < -0.4 is 0 Å². The molecule has 1 N–H and O–H groups in total. The van der Waals surface area contributed by atoms with Gasteiger partial charge in [-0.3, -0.25) is 4.79 Å². The van der Waals surface area contributed by atoms with E-state index >= 15 is 0 Å². The van der Waals surface area contributed by atoms with Crippen LogP contribution in [-0.4, -0.2) is 11.1 Å². The summed E-state index contributed by atoms with van der Waals surface area (Å²) in [5.74, 6) is -0.728. The third kappa shape index (κ3) is 3.59. The molecular formula is C17H26O2. The Labute approximate surface area is 116 Å². The highest BCUT2D eigenvalue weighted by molar-refractivity contribution is 5.69. The third-order valence-corrected chi connectivity index (χ3v) is 3.80. The molecule has 0 spiro atoms. The summed E-state index contributed by atoms with van der Waals surface area (Å²) in [5, 5.41) is 9.14. The maximum atomic E-state index is 11.1. The van der Waals surface area contributed by atoms with E-state index in [1.165, 1.54) is 22.3 Å². The van der Waals surface area contributed by atoms with E-state index in [0.29, 0.717) is 0 Å². The monoisotopic (exact) mass is 262 g/mol. The molecule has 0 bridgehead atoms. The van der Waals surface area contributed by atoms with Crippen LogP contribution in [0.15, 0.2) is 12.1 Å². The average molecular weight is 262 g/mol. The van der Waals surface area contributed by atoms with Gasteiger partial charge in [-0.25, -0.2) is 0 Å². The fourth-order valence-corrected chi connectivity index (χ4v) is 2.94. The molecule has 0 unspecified atom stereocenters. The van der Waals surface area contributed by atoms with Gasteiger partial charge in [0, 0.05) is 5.41 Å². The number of hydrogen-bond donors (Lipinski definition) is 1. The molecule has 0 saturated carbocycles. The molecule has 1 rings (SSSR count). The lowest BCUT2D eigenvalue weighted by atomic mass is 9.75. The zero-order valence-corrected chi connectivity index (χ0v) is 12.8. The molecule has 0 amide bonds. The first-order valence-corrected chi connectivity index (χ1v) is 7.22. The molecule has 0 aliphatic carbocycles. The van der Waals surface area contributed by atoms with Crippen LogP contribution >= 0.6 is 0 Å². The predicted octanol–water partition coefficient (Wildman–Crippen LogP) is 4.13. The second-order valence-electron chi connectivity index (χ2n) is 5.80. The van der Waals surface area contributed by atoms with Gasteiger partial charge < -0.3 is 5.11 Å². The molecular weight excluding hydrogens is 236 g/mol. The van der Waals surface area contributed by atoms with Crippen molar-refractivity contribution in [3.05, 3.63) is 34.4 Å². The second-order valence-corrected chi connectivity index (χ2v) is 5.80. The van der Waals surface area contributed by atoms with E-state index in [0.717, 1.165) is 19.3 Å². The normalized spacial score (nSPS) is 11.6. The number of benzene rings is 1. The molecule has 0 aliphatic rings. The zero-order chi connectivity index (χ0) is 14.6. The maximum absolute atomic E-state index is 11.1. The van der Waals surface area contributed by atoms with Crippen molar-refractivity contribution in [3.8, 4) is 0 Å². The van der Waals surface area contributed by atoms with Gasteiger partial charge in [0.15, 0.2) is 0 Å². The quantitative estimate of drug-likeness (QED) is 0.837. The number of carboxylic acid groups (broad SMARTS) is 1. The van der Waals surface area contributed by atoms with Crippen LogP contribution in [0.1, 0.15) is 63.3 Å². The number of aryl methyl sites for hydroxylation is 3. The third-order valence-electron chi connectivity index (χ3n) is 3.80. The average Bonchev–Trinajstić information content (AvgIpc) is 2.35. The lowest BCUT2D eigenvalue weighted by molar-refractivity contribution is -0.138. The number of carbonyl (C=O) groups is 1. The van der Waals surface area contributed by atoms with Gasteiger partial charge in [-0.1, -0.05) is 46.8 Å². The topological polar surface area (TPSA) is 37.3 Å². The maximum Gasteiger partial charge on any atom is 0.304 e. The van der Waals surface area contributed by atoms with Crippen LogP contribution in [0.2, 0.25) is 0 Å². The van der Waals surface area contributed by atoms with E-state index in [9.17, 15) is 4.79 Å². The first kappa shape index (κ1) is 15.7. The molecule has 1 aromatic rings. The summed E-state index contributed by atoms with van der Waals surface area (Å²) in [7, 11) is 0. The lowest BCUT2D eigenvalue weighted by Gasteiger charge is -2.29. The van der Waals surface area contributed by atoms with E-state index in [1.807, 2.05) is 13.8 Å². The Bertz CT molecular complexity index is 433. The zero-order valence-electron chi connectivity index (χ0n) is 12.8. The van der Waals surface area contributed by atoms with Crippen LogP contribution in [0.3, 0.4) is 0 Å². The summed E-state index contributed by atoms with van der Waals surface area (Å²) >= 11 is 0. The van der Waals surface area contributed by atoms with Crippen LogP contribution in [0.5, 0.6) is 0 Å². The fraction of sp³-hybridized carbons (Fsp3) is 0.588. The van der Waals surface area contributed by atoms with Gasteiger partial charge >= 0.3 is 5.97 Å². The summed E-state index contributed by atoms with van der Waals surface area (Å²) in [5.41, 5.74) is 4.90. The Kier molecular flexibility index (Phi) is 5.16. The van der Waals surface area contributed by atoms with Crippen molar-refractivity contribution in [2.75, 3.05) is 0 Å². The largest absolute Gasteiger partial charge is 0.481 e. The highest BCUT2D eigenvalue weighted by Gasteiger charge is 2.28. The molecule has 106 valence electrons. The second kappa shape index (κ2) is 6.23. The molecule has 0 heterocycles. The van der Waals surface area contributed by atoms with Crippen molar-refractivity contribution in [1.82, 2.24) is 0 Å². The summed E-state index contributed by atoms with van der Waals surface area (Å²) < 4.78 is 0. The van der Waals surface area contributed by atoms with Crippen molar-refractivity contribution in [3.63, 3.8) is 0 Å². The predicted molar refractivity (Wildman–Crippen MR) is 79.9 cm³/mol. The molecule has 0 saturated heterocycles. The minimum absolute atomic E-state index is 0.179. The van der Waals surface area contributed by atoms with Crippen LogP contribution in [0, 0.1) is 0 Å². The van der Waals surface area contributed by atoms with Gasteiger partial charge in [0.25, 0.3) is 0 Å². The molecule has 2 heteroatoms. The number of hydrogen-bond acceptors (Lipinski definition) is 1. The number of carboxylic acids is 1. The van der Waals surface area contributed by atoms with Crippen LogP contribution in [0.4, 0.5) is 0 Å². The van der Waals surface area contributed by atoms with Crippen LogP contribution in [-0.2, 0) is 29.5 Å². The Hall–Kier alpha value is -1.31. The molecule has 0 aromatic heterocycles. The molecule has 1 aromatic carbocycles. The van der Waals surface area contributed by atoms with Gasteiger partial charge in [-0.2, -0.15) is 0 Å². The van der Waals surface area contributed by atoms with Gasteiger partial charge in [-0.15, -0.1) is 0 Å². The minimum Gasteiger partial charge on any atom is -0.481 e. The molecule has 0 aliphatic heterocycles. The van der Waals surface area contributed by atoms with Crippen molar-refractivity contribution in [2.45, 2.75) is 65.7 Å². The molecule has 0 atom stereocenters. The van der Waals surface area contributed by atoms with Crippen molar-refractivity contribution >= 4 is 5.97 Å². The van der Waals surface area contributed by atoms with E-state index in [2.05, 4.69) is 32.9 Å². The molecule has 0 radical (unpaired) electrons. The Morgan fingerprint density at radius 1 is 1.05 bits per heavy atom. The van der Waals surface area contributed by atoms with Crippen molar-refractivity contribution < 1.29 is 9.90 Å². The summed E-state index contributed by atoms with van der Waals surface area (Å²) in [6.45, 7) is 10.5. The first-order chi connectivity index (χ1) is 8.85. The van der Waals surface area contributed by atoms with Crippen LogP contribution in [0.25, 0.3) is 0 Å². The molecule has 2 nitrogen and oxygen atoms in total. The number of rotatable bonds is 6. The minimum atomic E-state index is -0.728. The van der Waals surface area contributed by atoms with E-state index < -0.39 is 5.97 Å². The van der Waals surface area contributed by atoms with Crippen molar-refractivity contribution in [2.24, 2.45) is 0 Å². The standard InChI is InChI=1S/C17H26O2/c1-6-12-9-13(7-2)16(14(8-3)10-12)17(4,5)11-15(18)19/h9-10H,6-8,11H2,1-5H3,(H,18,19). The van der Waals surface area contributed by atoms with E-state index in [-0.39, 0.29) is 11.8 Å². The Balaban J connectivity index is 3.42. The highest BCUT2D eigenvalue weighted by Crippen LogP contribution is 2.34. The summed E-state index contributed by atoms with van der Waals surface area (Å²) in [6, 6.07) is 4.50. The fourth-order valence-electron chi connectivity index (χ4n) is 2.94. The van der Waals surface area contributed by atoms with Gasteiger partial charge in [0.1, 0.15) is 0 Å². The first-order valence-electron chi connectivity index (χ1n) is 7.22. The van der Waals surface area contributed by atoms with E-state index in [4.69, 9.17) is 5.11 Å². The van der Waals surface area contributed by atoms with Gasteiger partial charge in [0.2, 0.25) is 0 Å². The van der Waals surface area contributed by atoms with Gasteiger partial charge in [0.05, 0.1) is 6.42 Å². The summed E-state index contributed by atoms with van der Waals surface area (Å²) in [6.07, 6.45) is 3.12. The molecule has 0 fully saturated rings. The smallest absolute Gasteiger partial charge is 0.304 e. The lowest BCUT2D eigenvalue weighted by Crippen LogP contribution is -2.25. The SMILES string of the molecule is CCc1cc(CC)c(C(C)(C)CC(=O)O)c(CC)c1. The molecule has 19 heavy (non-hydrogen) atoms.